The molecule has 3 rings (SSSR count). The number of nitro benzene ring substituents is 1. The molecule has 0 bridgehead atoms. The molecule has 0 saturated carbocycles. The van der Waals surface area contributed by atoms with Crippen molar-refractivity contribution >= 4 is 27.0 Å². The zero-order valence-corrected chi connectivity index (χ0v) is 14.6. The van der Waals surface area contributed by atoms with Crippen molar-refractivity contribution < 1.29 is 17.8 Å². The van der Waals surface area contributed by atoms with Gasteiger partial charge in [0.15, 0.2) is 0 Å². The van der Waals surface area contributed by atoms with Gasteiger partial charge in [-0.25, -0.2) is 8.42 Å². The molecule has 0 spiro atoms. The van der Waals surface area contributed by atoms with Crippen molar-refractivity contribution in [2.24, 2.45) is 0 Å². The second-order valence-corrected chi connectivity index (χ2v) is 8.21. The van der Waals surface area contributed by atoms with Gasteiger partial charge in [-0.2, -0.15) is 4.31 Å². The van der Waals surface area contributed by atoms with Crippen LogP contribution in [-0.4, -0.2) is 17.6 Å². The Kier molecular flexibility index (Phi) is 4.98. The Bertz CT molecular complexity index is 897. The Morgan fingerprint density at radius 2 is 1.88 bits per heavy atom. The van der Waals surface area contributed by atoms with E-state index in [0.717, 1.165) is 10.4 Å². The highest BCUT2D eigenvalue weighted by molar-refractivity contribution is 7.89. The van der Waals surface area contributed by atoms with E-state index < -0.39 is 14.9 Å². The average Bonchev–Trinajstić information content (AvgIpc) is 3.28. The molecule has 0 unspecified atom stereocenters. The molecule has 7 nitrogen and oxygen atoms in total. The van der Waals surface area contributed by atoms with E-state index in [0.29, 0.717) is 0 Å². The van der Waals surface area contributed by atoms with Crippen molar-refractivity contribution in [3.05, 3.63) is 80.9 Å². The fourth-order valence-corrected chi connectivity index (χ4v) is 4.48. The summed E-state index contributed by atoms with van der Waals surface area (Å²) >= 11 is 1.46. The molecule has 1 aromatic carbocycles. The summed E-state index contributed by atoms with van der Waals surface area (Å²) in [6.07, 6.45) is 2.98. The third-order valence-electron chi connectivity index (χ3n) is 3.54. The number of rotatable bonds is 7. The highest BCUT2D eigenvalue weighted by Crippen LogP contribution is 2.24. The number of hydrogen-bond acceptors (Lipinski definition) is 6. The van der Waals surface area contributed by atoms with Gasteiger partial charge in [0.1, 0.15) is 0 Å². The fourth-order valence-electron chi connectivity index (χ4n) is 2.28. The lowest BCUT2D eigenvalue weighted by Crippen LogP contribution is -2.29. The van der Waals surface area contributed by atoms with E-state index in [1.807, 2.05) is 17.5 Å². The van der Waals surface area contributed by atoms with Gasteiger partial charge in [0, 0.05) is 35.7 Å². The van der Waals surface area contributed by atoms with Crippen molar-refractivity contribution in [3.8, 4) is 0 Å². The second-order valence-electron chi connectivity index (χ2n) is 5.24. The van der Waals surface area contributed by atoms with Crippen molar-refractivity contribution in [1.29, 1.82) is 0 Å². The zero-order chi connectivity index (χ0) is 17.9. The van der Waals surface area contributed by atoms with Crippen molar-refractivity contribution in [2.75, 3.05) is 0 Å². The standard InChI is InChI=1S/C16H14N2O5S2/c19-18(20)14-3-5-16(6-4-14)25(21,22)17(10-13-7-8-23-12-13)11-15-2-1-9-24-15/h1-9,12H,10-11H2. The number of non-ortho nitro benzene ring substituents is 1. The molecular formula is C16H14N2O5S2. The first-order valence-corrected chi connectivity index (χ1v) is 9.57. The van der Waals surface area contributed by atoms with Gasteiger partial charge in [-0.3, -0.25) is 10.1 Å². The van der Waals surface area contributed by atoms with Gasteiger partial charge in [-0.05, 0) is 29.6 Å². The van der Waals surface area contributed by atoms with Crippen molar-refractivity contribution in [1.82, 2.24) is 4.31 Å². The van der Waals surface area contributed by atoms with Gasteiger partial charge in [0.2, 0.25) is 10.0 Å². The van der Waals surface area contributed by atoms with Crippen LogP contribution in [0.3, 0.4) is 0 Å². The van der Waals surface area contributed by atoms with Crippen LogP contribution < -0.4 is 0 Å². The molecule has 9 heteroatoms. The number of furan rings is 1. The summed E-state index contributed by atoms with van der Waals surface area (Å²) in [5.74, 6) is 0. The van der Waals surface area contributed by atoms with Gasteiger partial charge in [-0.1, -0.05) is 6.07 Å². The molecule has 0 fully saturated rings. The molecule has 25 heavy (non-hydrogen) atoms. The molecule has 2 aromatic heterocycles. The highest BCUT2D eigenvalue weighted by Gasteiger charge is 2.26. The van der Waals surface area contributed by atoms with E-state index in [-0.39, 0.29) is 23.7 Å². The average molecular weight is 378 g/mol. The number of sulfonamides is 1. The Hall–Kier alpha value is -2.49. The summed E-state index contributed by atoms with van der Waals surface area (Å²) in [6, 6.07) is 10.3. The van der Waals surface area contributed by atoms with Gasteiger partial charge in [-0.15, -0.1) is 11.3 Å². The van der Waals surface area contributed by atoms with Crippen molar-refractivity contribution in [2.45, 2.75) is 18.0 Å². The maximum Gasteiger partial charge on any atom is 0.269 e. The fraction of sp³-hybridized carbons (Fsp3) is 0.125. The van der Waals surface area contributed by atoms with E-state index in [4.69, 9.17) is 4.42 Å². The Morgan fingerprint density at radius 1 is 1.12 bits per heavy atom. The van der Waals surface area contributed by atoms with Crippen LogP contribution in [-0.2, 0) is 23.1 Å². The third kappa shape index (κ3) is 3.95. The van der Waals surface area contributed by atoms with E-state index in [1.165, 1.54) is 52.4 Å². The Balaban J connectivity index is 1.93. The Morgan fingerprint density at radius 3 is 2.44 bits per heavy atom. The summed E-state index contributed by atoms with van der Waals surface area (Å²) in [4.78, 5) is 11.1. The minimum atomic E-state index is -3.82. The lowest BCUT2D eigenvalue weighted by atomic mass is 10.3. The molecule has 0 amide bonds. The number of hydrogen-bond donors (Lipinski definition) is 0. The summed E-state index contributed by atoms with van der Waals surface area (Å²) in [5, 5.41) is 12.6. The molecule has 0 aliphatic rings. The van der Waals surface area contributed by atoms with E-state index in [9.17, 15) is 18.5 Å². The van der Waals surface area contributed by atoms with E-state index >= 15 is 0 Å². The van der Waals surface area contributed by atoms with Gasteiger partial charge in [0.05, 0.1) is 22.3 Å². The quantitative estimate of drug-likeness (QED) is 0.462. The van der Waals surface area contributed by atoms with Crippen LogP contribution in [0, 0.1) is 10.1 Å². The molecule has 0 N–H and O–H groups in total. The van der Waals surface area contributed by atoms with Crippen LogP contribution in [0.4, 0.5) is 5.69 Å². The largest absolute Gasteiger partial charge is 0.472 e. The number of thiophene rings is 1. The SMILES string of the molecule is O=[N+]([O-])c1ccc(S(=O)(=O)N(Cc2ccoc2)Cc2cccs2)cc1. The van der Waals surface area contributed by atoms with Crippen LogP contribution in [0.15, 0.2) is 69.7 Å². The van der Waals surface area contributed by atoms with Gasteiger partial charge < -0.3 is 4.42 Å². The second kappa shape index (κ2) is 7.18. The van der Waals surface area contributed by atoms with Gasteiger partial charge in [0.25, 0.3) is 5.69 Å². The topological polar surface area (TPSA) is 93.7 Å². The van der Waals surface area contributed by atoms with Crippen molar-refractivity contribution in [3.63, 3.8) is 0 Å². The monoisotopic (exact) mass is 378 g/mol. The van der Waals surface area contributed by atoms with Crippen LogP contribution in [0.5, 0.6) is 0 Å². The van der Waals surface area contributed by atoms with Crippen LogP contribution in [0.2, 0.25) is 0 Å². The van der Waals surface area contributed by atoms with Crippen LogP contribution in [0.25, 0.3) is 0 Å². The predicted octanol–water partition coefficient (Wildman–Crippen LogP) is 3.64. The first-order chi connectivity index (χ1) is 12.0. The normalized spacial score (nSPS) is 11.7. The molecule has 0 aliphatic carbocycles. The number of nitrogens with zero attached hydrogens (tertiary/aromatic N) is 2. The number of benzene rings is 1. The zero-order valence-electron chi connectivity index (χ0n) is 12.9. The van der Waals surface area contributed by atoms with Crippen LogP contribution >= 0.6 is 11.3 Å². The lowest BCUT2D eigenvalue weighted by molar-refractivity contribution is -0.384. The molecular weight excluding hydrogens is 364 g/mol. The molecule has 2 heterocycles. The van der Waals surface area contributed by atoms with E-state index in [2.05, 4.69) is 0 Å². The number of nitro groups is 1. The summed E-state index contributed by atoms with van der Waals surface area (Å²) in [5.41, 5.74) is 0.570. The Labute approximate surface area is 148 Å². The van der Waals surface area contributed by atoms with Gasteiger partial charge >= 0.3 is 0 Å². The first-order valence-electron chi connectivity index (χ1n) is 7.25. The molecule has 0 radical (unpaired) electrons. The third-order valence-corrected chi connectivity index (χ3v) is 6.20. The van der Waals surface area contributed by atoms with E-state index in [1.54, 1.807) is 6.07 Å². The predicted molar refractivity (Wildman–Crippen MR) is 92.6 cm³/mol. The first kappa shape index (κ1) is 17.3. The maximum absolute atomic E-state index is 13.0. The minimum Gasteiger partial charge on any atom is -0.472 e. The molecule has 0 atom stereocenters. The molecule has 0 aliphatic heterocycles. The molecule has 3 aromatic rings. The highest BCUT2D eigenvalue weighted by atomic mass is 32.2. The molecule has 130 valence electrons. The summed E-state index contributed by atoms with van der Waals surface area (Å²) in [6.45, 7) is 0.357. The summed E-state index contributed by atoms with van der Waals surface area (Å²) in [7, 11) is -3.82. The maximum atomic E-state index is 13.0. The van der Waals surface area contributed by atoms with Crippen LogP contribution in [0.1, 0.15) is 10.4 Å². The summed E-state index contributed by atoms with van der Waals surface area (Å²) < 4.78 is 32.3. The smallest absolute Gasteiger partial charge is 0.269 e. The minimum absolute atomic E-state index is 0.0122. The molecule has 0 saturated heterocycles. The lowest BCUT2D eigenvalue weighted by Gasteiger charge is -2.21.